The zero-order valence-corrected chi connectivity index (χ0v) is 35.1. The van der Waals surface area contributed by atoms with Gasteiger partial charge in [-0.2, -0.15) is 0 Å². The second-order valence-electron chi connectivity index (χ2n) is 20.5. The third-order valence-electron chi connectivity index (χ3n) is 17.1. The first-order valence-electron chi connectivity index (χ1n) is 21.5. The highest BCUT2D eigenvalue weighted by molar-refractivity contribution is 5.22. The summed E-state index contributed by atoms with van der Waals surface area (Å²) in [6, 6.07) is 0. The number of rotatable bonds is 12. The fourth-order valence-corrected chi connectivity index (χ4v) is 13.4. The molecule has 0 spiro atoms. The average molecular weight is 815 g/mol. The van der Waals surface area contributed by atoms with E-state index in [0.717, 1.165) is 50.5 Å². The van der Waals surface area contributed by atoms with Gasteiger partial charge in [-0.1, -0.05) is 40.7 Å². The first kappa shape index (κ1) is 45.7. The van der Waals surface area contributed by atoms with E-state index in [1.807, 2.05) is 0 Å². The van der Waals surface area contributed by atoms with Crippen molar-refractivity contribution in [1.29, 1.82) is 0 Å². The summed E-state index contributed by atoms with van der Waals surface area (Å²) in [6.07, 6.45) is -5.00. The van der Waals surface area contributed by atoms with Crippen LogP contribution in [-0.2, 0) is 18.9 Å². The fraction of sp³-hybridized carbons (Fsp3) is 0.953. The van der Waals surface area contributed by atoms with Gasteiger partial charge in [0.25, 0.3) is 0 Å². The van der Waals surface area contributed by atoms with Crippen molar-refractivity contribution < 1.29 is 70.0 Å². The third-order valence-corrected chi connectivity index (χ3v) is 17.1. The summed E-state index contributed by atoms with van der Waals surface area (Å²) in [4.78, 5) is 0. The number of aliphatic hydroxyl groups excluding tert-OH is 9. The molecule has 14 nitrogen and oxygen atoms in total. The number of aliphatic hydroxyl groups is 10. The van der Waals surface area contributed by atoms with Crippen LogP contribution in [0.2, 0.25) is 0 Å². The summed E-state index contributed by atoms with van der Waals surface area (Å²) in [5.41, 5.74) is -0.255. The Kier molecular flexibility index (Phi) is 13.5. The van der Waals surface area contributed by atoms with E-state index in [1.54, 1.807) is 13.8 Å². The lowest BCUT2D eigenvalue weighted by Crippen LogP contribution is -2.66. The normalized spacial score (nSPS) is 49.5. The quantitative estimate of drug-likeness (QED) is 0.0990. The Labute approximate surface area is 338 Å². The van der Waals surface area contributed by atoms with Crippen molar-refractivity contribution in [3.63, 3.8) is 0 Å². The molecule has 6 rings (SSSR count). The fourth-order valence-electron chi connectivity index (χ4n) is 13.4. The van der Waals surface area contributed by atoms with Gasteiger partial charge >= 0.3 is 0 Å². The minimum atomic E-state index is -1.75. The molecule has 19 atom stereocenters. The van der Waals surface area contributed by atoms with Crippen molar-refractivity contribution in [2.45, 2.75) is 179 Å². The van der Waals surface area contributed by atoms with Crippen LogP contribution in [-0.4, -0.2) is 151 Å². The van der Waals surface area contributed by atoms with Crippen LogP contribution in [0.3, 0.4) is 0 Å². The van der Waals surface area contributed by atoms with Gasteiger partial charge in [0.2, 0.25) is 0 Å². The highest BCUT2D eigenvalue weighted by Crippen LogP contribution is 2.75. The molecule has 4 aliphatic carbocycles. The number of ether oxygens (including phenoxy) is 4. The molecule has 6 fully saturated rings. The Morgan fingerprint density at radius 2 is 1.32 bits per heavy atom. The van der Waals surface area contributed by atoms with Crippen LogP contribution in [0.4, 0.5) is 0 Å². The van der Waals surface area contributed by atoms with Crippen molar-refractivity contribution in [2.24, 2.45) is 51.2 Å². The summed E-state index contributed by atoms with van der Waals surface area (Å²) in [5, 5.41) is 105. The maximum atomic E-state index is 11.3. The lowest BCUT2D eigenvalue weighted by atomic mass is 9.35. The van der Waals surface area contributed by atoms with Gasteiger partial charge in [-0.15, -0.1) is 0 Å². The predicted octanol–water partition coefficient (Wildman–Crippen LogP) is 1.37. The molecule has 6 unspecified atom stereocenters. The van der Waals surface area contributed by atoms with Crippen molar-refractivity contribution in [2.75, 3.05) is 26.4 Å². The number of allylic oxidation sites excluding steroid dienone is 1. The van der Waals surface area contributed by atoms with E-state index in [-0.39, 0.29) is 58.7 Å². The van der Waals surface area contributed by atoms with E-state index in [2.05, 4.69) is 40.7 Å². The lowest BCUT2D eigenvalue weighted by Gasteiger charge is -2.70. The van der Waals surface area contributed by atoms with Crippen molar-refractivity contribution in [3.05, 3.63) is 11.6 Å². The van der Waals surface area contributed by atoms with Crippen LogP contribution in [0.1, 0.15) is 106 Å². The van der Waals surface area contributed by atoms with Crippen LogP contribution >= 0.6 is 0 Å². The molecule has 0 aromatic heterocycles. The molecule has 14 heteroatoms. The van der Waals surface area contributed by atoms with Gasteiger partial charge in [0.1, 0.15) is 48.8 Å². The minimum Gasteiger partial charge on any atom is -0.396 e. The van der Waals surface area contributed by atoms with Crippen molar-refractivity contribution in [3.8, 4) is 0 Å². The molecular formula is C43H74O14. The largest absolute Gasteiger partial charge is 0.396 e. The third kappa shape index (κ3) is 7.72. The van der Waals surface area contributed by atoms with Gasteiger partial charge in [0, 0.05) is 12.5 Å². The standard InChI is InChI=1S/C43H74O14/c1-39(2)28-13-17-43(7)29(11-10-25-24(12-16-42(25,43)6)22(18-44)8-9-23(19-45)40(3,4)53)41(28,5)15-14-30(39)56-38-36(34(51)32(49)27(21-47)55-38)57-37-35(52)33(50)31(48)26(20-46)54-37/h8,23-38,44-53H,9-21H2,1-7H3/b22-8+/t23?,24?,25-,26-,27-,28?,29?,30+,31-,32-,33+,34+,35-,36-,37+,38+,41?,42-,43?/m1/s1. The van der Waals surface area contributed by atoms with Crippen LogP contribution in [0.5, 0.6) is 0 Å². The molecule has 10 N–H and O–H groups in total. The highest BCUT2D eigenvalue weighted by atomic mass is 16.8. The van der Waals surface area contributed by atoms with E-state index in [4.69, 9.17) is 18.9 Å². The Balaban J connectivity index is 1.21. The average Bonchev–Trinajstić information content (AvgIpc) is 3.51. The lowest BCUT2D eigenvalue weighted by molar-refractivity contribution is -0.378. The maximum absolute atomic E-state index is 11.3. The summed E-state index contributed by atoms with van der Waals surface area (Å²) in [7, 11) is 0. The molecule has 57 heavy (non-hydrogen) atoms. The molecule has 4 saturated carbocycles. The number of hydrogen-bond acceptors (Lipinski definition) is 14. The number of hydrogen-bond donors (Lipinski definition) is 10. The van der Waals surface area contributed by atoms with Gasteiger partial charge in [-0.25, -0.2) is 0 Å². The Morgan fingerprint density at radius 1 is 0.702 bits per heavy atom. The van der Waals surface area contributed by atoms with Gasteiger partial charge < -0.3 is 70.0 Å². The molecule has 330 valence electrons. The second-order valence-corrected chi connectivity index (χ2v) is 20.5. The zero-order chi connectivity index (χ0) is 42.0. The molecule has 0 bridgehead atoms. The van der Waals surface area contributed by atoms with E-state index >= 15 is 0 Å². The smallest absolute Gasteiger partial charge is 0.187 e. The Morgan fingerprint density at radius 3 is 1.91 bits per heavy atom. The first-order chi connectivity index (χ1) is 26.6. The summed E-state index contributed by atoms with van der Waals surface area (Å²) in [5.74, 6) is 1.08. The van der Waals surface area contributed by atoms with E-state index in [1.165, 1.54) is 0 Å². The molecule has 0 amide bonds. The summed E-state index contributed by atoms with van der Waals surface area (Å²) >= 11 is 0. The molecule has 2 saturated heterocycles. The molecule has 0 aromatic carbocycles. The van der Waals surface area contributed by atoms with Gasteiger partial charge in [-0.05, 0) is 123 Å². The Bertz CT molecular complexity index is 1400. The molecule has 0 aromatic rings. The zero-order valence-electron chi connectivity index (χ0n) is 35.1. The summed E-state index contributed by atoms with van der Waals surface area (Å²) < 4.78 is 24.4. The molecular weight excluding hydrogens is 740 g/mol. The molecule has 0 radical (unpaired) electrons. The van der Waals surface area contributed by atoms with Gasteiger partial charge in [-0.3, -0.25) is 0 Å². The monoisotopic (exact) mass is 815 g/mol. The van der Waals surface area contributed by atoms with Crippen molar-refractivity contribution >= 4 is 0 Å². The molecule has 2 heterocycles. The molecule has 6 aliphatic rings. The van der Waals surface area contributed by atoms with E-state index < -0.39 is 80.2 Å². The second kappa shape index (κ2) is 16.8. The van der Waals surface area contributed by atoms with Crippen LogP contribution < -0.4 is 0 Å². The summed E-state index contributed by atoms with van der Waals surface area (Å²) in [6.45, 7) is 13.9. The van der Waals surface area contributed by atoms with E-state index in [9.17, 15) is 51.1 Å². The topological polar surface area (TPSA) is 239 Å². The number of fused-ring (bicyclic) bond motifs is 5. The van der Waals surface area contributed by atoms with Crippen molar-refractivity contribution in [1.82, 2.24) is 0 Å². The SMILES string of the molecule is CC(C)(O)C(CO)C/C=C(\CO)C1CC[C@]2(C)[C@@H]1CCC1C3(C)CC[C@H](O[C@@H]4O[C@H](CO)[C@@H](O)[C@H](O)[C@H]4O[C@@H]4O[C@H](CO)[C@@H](O)[C@H](O)[C@H]4O)C(C)(C)C3CCC12C. The van der Waals surface area contributed by atoms with Gasteiger partial charge in [0.05, 0.1) is 31.5 Å². The first-order valence-corrected chi connectivity index (χ1v) is 21.5. The van der Waals surface area contributed by atoms with Crippen LogP contribution in [0.15, 0.2) is 11.6 Å². The van der Waals surface area contributed by atoms with E-state index in [0.29, 0.717) is 24.7 Å². The van der Waals surface area contributed by atoms with Gasteiger partial charge in [0.15, 0.2) is 12.6 Å². The van der Waals surface area contributed by atoms with Crippen LogP contribution in [0.25, 0.3) is 0 Å². The maximum Gasteiger partial charge on any atom is 0.187 e. The van der Waals surface area contributed by atoms with Crippen LogP contribution in [0, 0.1) is 51.2 Å². The predicted molar refractivity (Wildman–Crippen MR) is 207 cm³/mol. The Hall–Kier alpha value is -0.820. The minimum absolute atomic E-state index is 0.0118. The molecule has 2 aliphatic heterocycles. The highest BCUT2D eigenvalue weighted by Gasteiger charge is 2.69.